The van der Waals surface area contributed by atoms with E-state index < -0.39 is 10.0 Å². The average Bonchev–Trinajstić information content (AvgIpc) is 2.28. The van der Waals surface area contributed by atoms with Crippen LogP contribution in [-0.4, -0.2) is 19.4 Å². The molecule has 0 aliphatic heterocycles. The van der Waals surface area contributed by atoms with Gasteiger partial charge >= 0.3 is 0 Å². The lowest BCUT2D eigenvalue weighted by atomic mass is 10.2. The highest BCUT2D eigenvalue weighted by Gasteiger charge is 2.18. The molecule has 0 aromatic carbocycles. The Morgan fingerprint density at radius 3 is 2.76 bits per heavy atom. The van der Waals surface area contributed by atoms with E-state index in [1.165, 1.54) is 18.3 Å². The molecule has 1 unspecified atom stereocenters. The van der Waals surface area contributed by atoms with Crippen LogP contribution >= 0.6 is 0 Å². The molecule has 6 heteroatoms. The number of nitrogen functional groups attached to an aromatic ring is 1. The van der Waals surface area contributed by atoms with Crippen LogP contribution in [0.15, 0.2) is 23.2 Å². The summed E-state index contributed by atoms with van der Waals surface area (Å²) in [4.78, 5) is 3.83. The Hall–Kier alpha value is -1.58. The summed E-state index contributed by atoms with van der Waals surface area (Å²) < 4.78 is 26.4. The molecule has 0 amide bonds. The zero-order chi connectivity index (χ0) is 12.9. The Labute approximate surface area is 101 Å². The van der Waals surface area contributed by atoms with Crippen molar-refractivity contribution >= 4 is 15.8 Å². The van der Waals surface area contributed by atoms with Gasteiger partial charge in [0.05, 0.1) is 0 Å². The second-order valence-corrected chi connectivity index (χ2v) is 5.27. The topological polar surface area (TPSA) is 85.1 Å². The summed E-state index contributed by atoms with van der Waals surface area (Å²) in [5.74, 6) is 2.72. The first kappa shape index (κ1) is 13.5. The summed E-state index contributed by atoms with van der Waals surface area (Å²) in [5, 5.41) is 0. The Balaban J connectivity index is 2.89. The van der Waals surface area contributed by atoms with Crippen LogP contribution < -0.4 is 10.5 Å². The standard InChI is InChI=1S/C11H15N3O2S/c1-3-5-9(4-2)14-17(15,16)10-6-7-11(12)13-8-10/h1,6-9,14H,4-5H2,2H3,(H2,12,13). The SMILES string of the molecule is C#CCC(CC)NS(=O)(=O)c1ccc(N)nc1. The van der Waals surface area contributed by atoms with Gasteiger partial charge in [-0.25, -0.2) is 18.1 Å². The lowest BCUT2D eigenvalue weighted by Crippen LogP contribution is -2.34. The number of terminal acetylenes is 1. The molecule has 0 aliphatic rings. The molecule has 17 heavy (non-hydrogen) atoms. The Bertz CT molecular complexity index is 503. The van der Waals surface area contributed by atoms with E-state index in [1.54, 1.807) is 0 Å². The van der Waals surface area contributed by atoms with Gasteiger partial charge in [-0.2, -0.15) is 0 Å². The van der Waals surface area contributed by atoms with Crippen molar-refractivity contribution in [3.8, 4) is 12.3 Å². The molecular formula is C11H15N3O2S. The summed E-state index contributed by atoms with van der Waals surface area (Å²) in [7, 11) is -3.57. The van der Waals surface area contributed by atoms with Crippen molar-refractivity contribution < 1.29 is 8.42 Å². The van der Waals surface area contributed by atoms with Gasteiger partial charge in [-0.1, -0.05) is 6.92 Å². The van der Waals surface area contributed by atoms with Gasteiger partial charge in [0.2, 0.25) is 10.0 Å². The minimum Gasteiger partial charge on any atom is -0.384 e. The third-order valence-corrected chi connectivity index (χ3v) is 3.75. The van der Waals surface area contributed by atoms with Crippen LogP contribution in [0.2, 0.25) is 0 Å². The lowest BCUT2D eigenvalue weighted by molar-refractivity contribution is 0.543. The summed E-state index contributed by atoms with van der Waals surface area (Å²) in [6, 6.07) is 2.59. The van der Waals surface area contributed by atoms with E-state index in [4.69, 9.17) is 12.2 Å². The summed E-state index contributed by atoms with van der Waals surface area (Å²) in [5.41, 5.74) is 5.39. The Morgan fingerprint density at radius 2 is 2.29 bits per heavy atom. The molecule has 0 radical (unpaired) electrons. The fraction of sp³-hybridized carbons (Fsp3) is 0.364. The van der Waals surface area contributed by atoms with Crippen LogP contribution in [0.25, 0.3) is 0 Å². The number of aromatic nitrogens is 1. The zero-order valence-corrected chi connectivity index (χ0v) is 10.4. The summed E-state index contributed by atoms with van der Waals surface area (Å²) >= 11 is 0. The Kier molecular flexibility index (Phi) is 4.49. The van der Waals surface area contributed by atoms with Crippen molar-refractivity contribution in [2.75, 3.05) is 5.73 Å². The van der Waals surface area contributed by atoms with Gasteiger partial charge in [0, 0.05) is 18.7 Å². The second kappa shape index (κ2) is 5.66. The quantitative estimate of drug-likeness (QED) is 0.758. The fourth-order valence-electron chi connectivity index (χ4n) is 1.25. The molecule has 1 aromatic rings. The molecule has 1 atom stereocenters. The van der Waals surface area contributed by atoms with E-state index in [0.29, 0.717) is 12.8 Å². The minimum absolute atomic E-state index is 0.0853. The predicted molar refractivity (Wildman–Crippen MR) is 66.5 cm³/mol. The third-order valence-electron chi connectivity index (χ3n) is 2.25. The van der Waals surface area contributed by atoms with Crippen molar-refractivity contribution in [3.05, 3.63) is 18.3 Å². The fourth-order valence-corrected chi connectivity index (χ4v) is 2.51. The molecule has 0 spiro atoms. The number of hydrogen-bond donors (Lipinski definition) is 2. The normalized spacial score (nSPS) is 12.9. The number of sulfonamides is 1. The maximum Gasteiger partial charge on any atom is 0.242 e. The van der Waals surface area contributed by atoms with E-state index in [0.717, 1.165) is 0 Å². The molecule has 0 saturated carbocycles. The van der Waals surface area contributed by atoms with Gasteiger partial charge in [-0.15, -0.1) is 12.3 Å². The number of rotatable bonds is 5. The van der Waals surface area contributed by atoms with E-state index in [1.807, 2.05) is 6.92 Å². The molecule has 0 saturated heterocycles. The number of nitrogens with two attached hydrogens (primary N) is 1. The summed E-state index contributed by atoms with van der Waals surface area (Å²) in [6.07, 6.45) is 7.38. The molecule has 3 N–H and O–H groups in total. The predicted octanol–water partition coefficient (Wildman–Crippen LogP) is 0.744. The van der Waals surface area contributed by atoms with Crippen molar-refractivity contribution in [1.29, 1.82) is 0 Å². The number of nitrogens with one attached hydrogen (secondary N) is 1. The largest absolute Gasteiger partial charge is 0.384 e. The second-order valence-electron chi connectivity index (χ2n) is 3.55. The Morgan fingerprint density at radius 1 is 1.59 bits per heavy atom. The van der Waals surface area contributed by atoms with Crippen LogP contribution in [0, 0.1) is 12.3 Å². The van der Waals surface area contributed by atoms with Gasteiger partial charge in [-0.3, -0.25) is 0 Å². The van der Waals surface area contributed by atoms with Gasteiger partial charge < -0.3 is 5.73 Å². The van der Waals surface area contributed by atoms with Crippen molar-refractivity contribution in [2.45, 2.75) is 30.7 Å². The van der Waals surface area contributed by atoms with Gasteiger partial charge in [0.25, 0.3) is 0 Å². The summed E-state index contributed by atoms with van der Waals surface area (Å²) in [6.45, 7) is 1.87. The molecule has 1 rings (SSSR count). The lowest BCUT2D eigenvalue weighted by Gasteiger charge is -2.14. The van der Waals surface area contributed by atoms with Crippen LogP contribution in [0.1, 0.15) is 19.8 Å². The maximum atomic E-state index is 11.9. The van der Waals surface area contributed by atoms with E-state index >= 15 is 0 Å². The maximum absolute atomic E-state index is 11.9. The monoisotopic (exact) mass is 253 g/mol. The highest BCUT2D eigenvalue weighted by Crippen LogP contribution is 2.10. The van der Waals surface area contributed by atoms with Crippen molar-refractivity contribution in [2.24, 2.45) is 0 Å². The first-order valence-electron chi connectivity index (χ1n) is 5.17. The van der Waals surface area contributed by atoms with E-state index in [2.05, 4.69) is 15.6 Å². The van der Waals surface area contributed by atoms with E-state index in [-0.39, 0.29) is 16.8 Å². The first-order chi connectivity index (χ1) is 7.99. The molecule has 5 nitrogen and oxygen atoms in total. The molecule has 1 heterocycles. The van der Waals surface area contributed by atoms with Crippen LogP contribution in [-0.2, 0) is 10.0 Å². The van der Waals surface area contributed by atoms with Crippen molar-refractivity contribution in [3.63, 3.8) is 0 Å². The van der Waals surface area contributed by atoms with Gasteiger partial charge in [0.1, 0.15) is 10.7 Å². The highest BCUT2D eigenvalue weighted by molar-refractivity contribution is 7.89. The molecule has 0 fully saturated rings. The molecule has 92 valence electrons. The highest BCUT2D eigenvalue weighted by atomic mass is 32.2. The molecule has 0 aliphatic carbocycles. The number of nitrogens with zero attached hydrogens (tertiary/aromatic N) is 1. The molecular weight excluding hydrogens is 238 g/mol. The molecule has 0 bridgehead atoms. The van der Waals surface area contributed by atoms with Gasteiger partial charge in [0.15, 0.2) is 0 Å². The number of hydrogen-bond acceptors (Lipinski definition) is 4. The number of anilines is 1. The third kappa shape index (κ3) is 3.73. The number of pyridine rings is 1. The van der Waals surface area contributed by atoms with E-state index in [9.17, 15) is 8.42 Å². The molecule has 1 aromatic heterocycles. The first-order valence-corrected chi connectivity index (χ1v) is 6.65. The van der Waals surface area contributed by atoms with Crippen LogP contribution in [0.3, 0.4) is 0 Å². The zero-order valence-electron chi connectivity index (χ0n) is 9.55. The average molecular weight is 253 g/mol. The van der Waals surface area contributed by atoms with Crippen LogP contribution in [0.5, 0.6) is 0 Å². The van der Waals surface area contributed by atoms with Crippen molar-refractivity contribution in [1.82, 2.24) is 9.71 Å². The van der Waals surface area contributed by atoms with Gasteiger partial charge in [-0.05, 0) is 18.6 Å². The smallest absolute Gasteiger partial charge is 0.242 e. The minimum atomic E-state index is -3.57. The van der Waals surface area contributed by atoms with Crippen LogP contribution in [0.4, 0.5) is 5.82 Å².